The highest BCUT2D eigenvalue weighted by molar-refractivity contribution is 5.98. The van der Waals surface area contributed by atoms with Gasteiger partial charge in [0.05, 0.1) is 31.0 Å². The quantitative estimate of drug-likeness (QED) is 0.0441. The zero-order chi connectivity index (χ0) is 38.5. The Morgan fingerprint density at radius 2 is 1.65 bits per heavy atom. The molecule has 3 heterocycles. The van der Waals surface area contributed by atoms with Crippen molar-refractivity contribution in [3.63, 3.8) is 0 Å². The van der Waals surface area contributed by atoms with Crippen LogP contribution in [-0.2, 0) is 4.79 Å². The van der Waals surface area contributed by atoms with E-state index >= 15 is 0 Å². The zero-order valence-electron chi connectivity index (χ0n) is 33.0. The number of amides is 2. The summed E-state index contributed by atoms with van der Waals surface area (Å²) in [5.41, 5.74) is 2.39. The van der Waals surface area contributed by atoms with Gasteiger partial charge in [-0.1, -0.05) is 83.3 Å². The summed E-state index contributed by atoms with van der Waals surface area (Å²) in [6.45, 7) is 9.04. The number of nitrogens with zero attached hydrogens (tertiary/aromatic N) is 3. The molecule has 1 fully saturated rings. The van der Waals surface area contributed by atoms with Crippen molar-refractivity contribution in [3.8, 4) is 5.75 Å². The number of hydrogen-bond acceptors (Lipinski definition) is 8. The molecule has 3 aromatic rings. The maximum atomic E-state index is 13.4. The molecule has 0 aliphatic carbocycles. The Kier molecular flexibility index (Phi) is 18.7. The summed E-state index contributed by atoms with van der Waals surface area (Å²) in [6.07, 6.45) is 20.3. The number of anilines is 2. The number of carbonyl (C=O) groups excluding carboxylic acids is 2. The van der Waals surface area contributed by atoms with Gasteiger partial charge in [-0.25, -0.2) is 4.98 Å². The molecule has 4 rings (SSSR count). The summed E-state index contributed by atoms with van der Waals surface area (Å²) in [5.74, 6) is 1.29. The van der Waals surface area contributed by atoms with Crippen molar-refractivity contribution in [2.24, 2.45) is 0 Å². The van der Waals surface area contributed by atoms with Gasteiger partial charge in [0.1, 0.15) is 11.4 Å². The molecule has 0 saturated carbocycles. The number of rotatable bonds is 25. The molecule has 1 saturated heterocycles. The second-order valence-corrected chi connectivity index (χ2v) is 14.9. The van der Waals surface area contributed by atoms with Crippen molar-refractivity contribution < 1.29 is 24.5 Å². The highest BCUT2D eigenvalue weighted by Gasteiger charge is 2.25. The molecule has 0 bridgehead atoms. The largest absolute Gasteiger partial charge is 0.494 e. The number of ether oxygens (including phenoxy) is 1. The second kappa shape index (κ2) is 23.6. The van der Waals surface area contributed by atoms with Gasteiger partial charge in [-0.05, 0) is 69.5 Å². The van der Waals surface area contributed by atoms with E-state index in [1.807, 2.05) is 47.4 Å². The number of aliphatic hydroxyl groups excluding tert-OH is 2. The highest BCUT2D eigenvalue weighted by atomic mass is 16.5. The average molecular weight is 747 g/mol. The number of pyridine rings is 1. The lowest BCUT2D eigenvalue weighted by Crippen LogP contribution is -2.49. The Balaban J connectivity index is 1.11. The number of fused-ring (bicyclic) bond motifs is 1. The first-order valence-electron chi connectivity index (χ1n) is 20.5. The van der Waals surface area contributed by atoms with Gasteiger partial charge in [0.15, 0.2) is 5.82 Å². The van der Waals surface area contributed by atoms with Gasteiger partial charge in [0.25, 0.3) is 5.91 Å². The van der Waals surface area contributed by atoms with E-state index in [1.165, 1.54) is 64.2 Å². The molecule has 0 spiro atoms. The molecule has 1 aliphatic heterocycles. The minimum atomic E-state index is -0.940. The molecular weight excluding hydrogens is 681 g/mol. The standard InChI is InChI=1S/C43H66N6O5/c1-4-5-6-7-8-9-10-11-12-13-14-15-16-20-40(51)39(32-50)47-41(52)21-18-29-54-35-22-23-36-34(30-35)31-38(46-36)43(53)49-27-25-48(26-28-49)42-37(45-33(2)3)19-17-24-44-42/h16-17,19-20,22-24,30-31,33,39-40,45-46,50-51H,4-15,18,21,25-29,32H2,1-3H3,(H,47,52)/b20-16+/t39-,40+/m0/s1. The lowest BCUT2D eigenvalue weighted by atomic mass is 10.0. The average Bonchev–Trinajstić information content (AvgIpc) is 3.61. The van der Waals surface area contributed by atoms with Crippen LogP contribution in [0.5, 0.6) is 5.75 Å². The first-order chi connectivity index (χ1) is 26.3. The number of piperazine rings is 1. The van der Waals surface area contributed by atoms with Gasteiger partial charge in [-0.3, -0.25) is 9.59 Å². The number of unbranched alkanes of at least 4 members (excludes halogenated alkanes) is 11. The number of aliphatic hydroxyl groups is 2. The van der Waals surface area contributed by atoms with E-state index in [1.54, 1.807) is 12.3 Å². The first kappa shape index (κ1) is 42.6. The van der Waals surface area contributed by atoms with Crippen LogP contribution in [0.1, 0.15) is 121 Å². The summed E-state index contributed by atoms with van der Waals surface area (Å²) >= 11 is 0. The van der Waals surface area contributed by atoms with E-state index in [4.69, 9.17) is 4.74 Å². The molecule has 2 aromatic heterocycles. The molecule has 2 amide bonds. The molecular formula is C43H66N6O5. The Morgan fingerprint density at radius 1 is 0.944 bits per heavy atom. The molecule has 11 nitrogen and oxygen atoms in total. The Morgan fingerprint density at radius 3 is 2.33 bits per heavy atom. The number of H-pyrrole nitrogens is 1. The van der Waals surface area contributed by atoms with Crippen LogP contribution in [0.4, 0.5) is 11.5 Å². The molecule has 5 N–H and O–H groups in total. The summed E-state index contributed by atoms with van der Waals surface area (Å²) in [6, 6.07) is 11.0. The number of aromatic amines is 1. The number of allylic oxidation sites excluding steroid dienone is 1. The first-order valence-corrected chi connectivity index (χ1v) is 20.5. The van der Waals surface area contributed by atoms with Crippen LogP contribution in [0.3, 0.4) is 0 Å². The number of carbonyl (C=O) groups is 2. The van der Waals surface area contributed by atoms with Crippen molar-refractivity contribution >= 4 is 34.2 Å². The van der Waals surface area contributed by atoms with E-state index in [9.17, 15) is 19.8 Å². The SMILES string of the molecule is CCCCCCCCCCCCC/C=C/[C@@H](O)[C@H](CO)NC(=O)CCCOc1ccc2[nH]c(C(=O)N3CCN(c4ncccc4NC(C)C)CC3)cc2c1. The van der Waals surface area contributed by atoms with Crippen LogP contribution in [0.25, 0.3) is 10.9 Å². The zero-order valence-corrected chi connectivity index (χ0v) is 33.0. The van der Waals surface area contributed by atoms with E-state index in [-0.39, 0.29) is 24.8 Å². The molecule has 0 radical (unpaired) electrons. The summed E-state index contributed by atoms with van der Waals surface area (Å²) in [5, 5.41) is 27.4. The predicted molar refractivity (Wildman–Crippen MR) is 219 cm³/mol. The maximum absolute atomic E-state index is 13.4. The molecule has 1 aromatic carbocycles. The number of aromatic nitrogens is 2. The summed E-state index contributed by atoms with van der Waals surface area (Å²) in [7, 11) is 0. The minimum absolute atomic E-state index is 0.0352. The Labute approximate surface area is 322 Å². The third-order valence-electron chi connectivity index (χ3n) is 10.00. The van der Waals surface area contributed by atoms with Crippen LogP contribution < -0.4 is 20.3 Å². The molecule has 1 aliphatic rings. The highest BCUT2D eigenvalue weighted by Crippen LogP contribution is 2.26. The second-order valence-electron chi connectivity index (χ2n) is 14.9. The van der Waals surface area contributed by atoms with Crippen molar-refractivity contribution in [1.29, 1.82) is 0 Å². The van der Waals surface area contributed by atoms with Gasteiger partial charge < -0.3 is 40.4 Å². The Hall–Kier alpha value is -4.09. The normalized spacial score (nSPS) is 14.6. The molecule has 54 heavy (non-hydrogen) atoms. The molecule has 11 heteroatoms. The summed E-state index contributed by atoms with van der Waals surface area (Å²) < 4.78 is 5.93. The van der Waals surface area contributed by atoms with Crippen LogP contribution in [-0.4, -0.2) is 94.5 Å². The van der Waals surface area contributed by atoms with Crippen molar-refractivity contribution in [2.75, 3.05) is 49.6 Å². The number of benzene rings is 1. The smallest absolute Gasteiger partial charge is 0.270 e. The predicted octanol–water partition coefficient (Wildman–Crippen LogP) is 7.60. The fraction of sp³-hybridized carbons (Fsp3) is 0.605. The maximum Gasteiger partial charge on any atom is 0.270 e. The van der Waals surface area contributed by atoms with Gasteiger partial charge in [-0.2, -0.15) is 0 Å². The van der Waals surface area contributed by atoms with Crippen molar-refractivity contribution in [1.82, 2.24) is 20.2 Å². The Bertz CT molecular complexity index is 1570. The van der Waals surface area contributed by atoms with Gasteiger partial charge in [0.2, 0.25) is 5.91 Å². The fourth-order valence-corrected chi connectivity index (χ4v) is 6.92. The fourth-order valence-electron chi connectivity index (χ4n) is 6.92. The monoisotopic (exact) mass is 747 g/mol. The lowest BCUT2D eigenvalue weighted by molar-refractivity contribution is -0.123. The van der Waals surface area contributed by atoms with Gasteiger partial charge in [-0.15, -0.1) is 0 Å². The van der Waals surface area contributed by atoms with Crippen LogP contribution in [0.15, 0.2) is 54.7 Å². The number of hydrogen-bond donors (Lipinski definition) is 5. The van der Waals surface area contributed by atoms with Gasteiger partial charge in [0, 0.05) is 55.7 Å². The molecule has 298 valence electrons. The summed E-state index contributed by atoms with van der Waals surface area (Å²) in [4.78, 5) is 38.0. The topological polar surface area (TPSA) is 143 Å². The molecule has 0 unspecified atom stereocenters. The van der Waals surface area contributed by atoms with Crippen LogP contribution >= 0.6 is 0 Å². The molecule has 2 atom stereocenters. The van der Waals surface area contributed by atoms with Crippen LogP contribution in [0.2, 0.25) is 0 Å². The van der Waals surface area contributed by atoms with E-state index in [0.29, 0.717) is 56.7 Å². The third-order valence-corrected chi connectivity index (χ3v) is 10.00. The van der Waals surface area contributed by atoms with E-state index in [0.717, 1.165) is 35.2 Å². The van der Waals surface area contributed by atoms with Crippen LogP contribution in [0, 0.1) is 0 Å². The lowest BCUT2D eigenvalue weighted by Gasteiger charge is -2.36. The van der Waals surface area contributed by atoms with E-state index in [2.05, 4.69) is 46.3 Å². The minimum Gasteiger partial charge on any atom is -0.494 e. The van der Waals surface area contributed by atoms with Crippen molar-refractivity contribution in [3.05, 3.63) is 60.4 Å². The van der Waals surface area contributed by atoms with Crippen molar-refractivity contribution in [2.45, 2.75) is 129 Å². The third kappa shape index (κ3) is 14.3. The number of nitrogens with one attached hydrogen (secondary N) is 3. The van der Waals surface area contributed by atoms with Gasteiger partial charge >= 0.3 is 0 Å². The van der Waals surface area contributed by atoms with E-state index < -0.39 is 12.1 Å².